The Morgan fingerprint density at radius 1 is 1.25 bits per heavy atom. The largest absolute Gasteiger partial charge is 0.445 e. The van der Waals surface area contributed by atoms with Crippen LogP contribution in [0.3, 0.4) is 0 Å². The highest BCUT2D eigenvalue weighted by Crippen LogP contribution is 2.10. The van der Waals surface area contributed by atoms with Crippen molar-refractivity contribution in [1.29, 1.82) is 0 Å². The summed E-state index contributed by atoms with van der Waals surface area (Å²) in [6, 6.07) is 7.08. The first-order valence-electron chi connectivity index (χ1n) is 4.83. The Hall–Kier alpha value is -2.04. The highest BCUT2D eigenvalue weighted by atomic mass is 16.5. The fraction of sp³-hybridized carbons (Fsp3) is 0.273. The lowest BCUT2D eigenvalue weighted by atomic mass is 10.2. The van der Waals surface area contributed by atoms with Crippen LogP contribution in [-0.2, 0) is 16.1 Å². The molecule has 0 aromatic heterocycles. The number of hydrogen-bond donors (Lipinski definition) is 2. The van der Waals surface area contributed by atoms with Crippen molar-refractivity contribution in [2.24, 2.45) is 0 Å². The number of carbonyl (C=O) groups excluding carboxylic acids is 2. The molecule has 0 aliphatic carbocycles. The van der Waals surface area contributed by atoms with E-state index in [2.05, 4.69) is 10.6 Å². The summed E-state index contributed by atoms with van der Waals surface area (Å²) in [7, 11) is 1.50. The average Bonchev–Trinajstić information content (AvgIpc) is 2.27. The normalized spacial score (nSPS) is 9.38. The number of nitrogens with one attached hydrogen (secondary N) is 2. The van der Waals surface area contributed by atoms with Crippen molar-refractivity contribution in [1.82, 2.24) is 5.32 Å². The molecule has 0 bridgehead atoms. The predicted octanol–water partition coefficient (Wildman–Crippen LogP) is 1.50. The van der Waals surface area contributed by atoms with Crippen LogP contribution in [0.1, 0.15) is 12.5 Å². The van der Waals surface area contributed by atoms with Gasteiger partial charge in [-0.3, -0.25) is 4.79 Å². The van der Waals surface area contributed by atoms with Crippen LogP contribution in [0.15, 0.2) is 24.3 Å². The van der Waals surface area contributed by atoms with Gasteiger partial charge in [0.15, 0.2) is 0 Å². The second-order valence-corrected chi connectivity index (χ2v) is 3.20. The predicted molar refractivity (Wildman–Crippen MR) is 60.0 cm³/mol. The fourth-order valence-corrected chi connectivity index (χ4v) is 1.11. The van der Waals surface area contributed by atoms with Crippen LogP contribution in [0.25, 0.3) is 0 Å². The third-order valence-electron chi connectivity index (χ3n) is 1.85. The minimum absolute atomic E-state index is 0.116. The molecule has 2 N–H and O–H groups in total. The fourth-order valence-electron chi connectivity index (χ4n) is 1.11. The van der Waals surface area contributed by atoms with Gasteiger partial charge in [-0.05, 0) is 17.7 Å². The van der Waals surface area contributed by atoms with Crippen LogP contribution < -0.4 is 10.6 Å². The van der Waals surface area contributed by atoms with Crippen LogP contribution in [-0.4, -0.2) is 19.0 Å². The number of ether oxygens (including phenoxy) is 1. The van der Waals surface area contributed by atoms with E-state index in [-0.39, 0.29) is 12.5 Å². The second kappa shape index (κ2) is 5.75. The Kier molecular flexibility index (Phi) is 4.32. The first-order chi connectivity index (χ1) is 7.61. The van der Waals surface area contributed by atoms with Gasteiger partial charge in [0.05, 0.1) is 0 Å². The van der Waals surface area contributed by atoms with Gasteiger partial charge in [-0.15, -0.1) is 0 Å². The van der Waals surface area contributed by atoms with Crippen LogP contribution in [0.4, 0.5) is 10.5 Å². The van der Waals surface area contributed by atoms with Crippen molar-refractivity contribution >= 4 is 17.7 Å². The van der Waals surface area contributed by atoms with Gasteiger partial charge in [-0.1, -0.05) is 12.1 Å². The van der Waals surface area contributed by atoms with E-state index in [9.17, 15) is 9.59 Å². The second-order valence-electron chi connectivity index (χ2n) is 3.20. The molecular weight excluding hydrogens is 208 g/mol. The van der Waals surface area contributed by atoms with Gasteiger partial charge in [0, 0.05) is 19.7 Å². The number of carbonyl (C=O) groups is 2. The summed E-state index contributed by atoms with van der Waals surface area (Å²) in [6.45, 7) is 1.66. The lowest BCUT2D eigenvalue weighted by molar-refractivity contribution is -0.114. The van der Waals surface area contributed by atoms with Gasteiger partial charge in [0.1, 0.15) is 6.61 Å². The zero-order chi connectivity index (χ0) is 12.0. The number of benzene rings is 1. The monoisotopic (exact) mass is 222 g/mol. The Morgan fingerprint density at radius 2 is 1.88 bits per heavy atom. The van der Waals surface area contributed by atoms with E-state index >= 15 is 0 Å². The molecule has 0 saturated carbocycles. The molecule has 5 heteroatoms. The molecule has 0 saturated heterocycles. The average molecular weight is 222 g/mol. The molecule has 0 atom stereocenters. The number of rotatable bonds is 3. The van der Waals surface area contributed by atoms with Crippen LogP contribution in [0.5, 0.6) is 0 Å². The summed E-state index contributed by atoms with van der Waals surface area (Å²) in [5.41, 5.74) is 1.58. The minimum Gasteiger partial charge on any atom is -0.445 e. The molecule has 86 valence electrons. The summed E-state index contributed by atoms with van der Waals surface area (Å²) in [4.78, 5) is 21.6. The molecule has 0 aliphatic rings. The SMILES string of the molecule is CNC(=O)OCc1ccc(NC(C)=O)cc1. The molecule has 5 nitrogen and oxygen atoms in total. The summed E-state index contributed by atoms with van der Waals surface area (Å²) < 4.78 is 4.86. The van der Waals surface area contributed by atoms with E-state index in [1.807, 2.05) is 0 Å². The van der Waals surface area contributed by atoms with E-state index in [0.29, 0.717) is 0 Å². The van der Waals surface area contributed by atoms with Crippen molar-refractivity contribution in [2.75, 3.05) is 12.4 Å². The first kappa shape index (κ1) is 12.0. The Labute approximate surface area is 93.8 Å². The first-order valence-corrected chi connectivity index (χ1v) is 4.83. The van der Waals surface area contributed by atoms with E-state index in [1.165, 1.54) is 14.0 Å². The molecule has 1 rings (SSSR count). The van der Waals surface area contributed by atoms with Crippen LogP contribution in [0, 0.1) is 0 Å². The van der Waals surface area contributed by atoms with E-state index in [1.54, 1.807) is 24.3 Å². The van der Waals surface area contributed by atoms with Gasteiger partial charge in [-0.2, -0.15) is 0 Å². The number of anilines is 1. The Balaban J connectivity index is 2.51. The van der Waals surface area contributed by atoms with Crippen LogP contribution in [0.2, 0.25) is 0 Å². The van der Waals surface area contributed by atoms with E-state index in [0.717, 1.165) is 11.3 Å². The maximum Gasteiger partial charge on any atom is 0.407 e. The molecule has 0 aliphatic heterocycles. The molecule has 1 aromatic carbocycles. The number of alkyl carbamates (subject to hydrolysis) is 1. The number of amides is 2. The quantitative estimate of drug-likeness (QED) is 0.814. The van der Waals surface area contributed by atoms with Crippen molar-refractivity contribution in [2.45, 2.75) is 13.5 Å². The topological polar surface area (TPSA) is 67.4 Å². The summed E-state index contributed by atoms with van der Waals surface area (Å²) in [6.07, 6.45) is -0.467. The zero-order valence-electron chi connectivity index (χ0n) is 9.24. The highest BCUT2D eigenvalue weighted by molar-refractivity contribution is 5.88. The van der Waals surface area contributed by atoms with Crippen molar-refractivity contribution in [3.05, 3.63) is 29.8 Å². The smallest absolute Gasteiger partial charge is 0.407 e. The van der Waals surface area contributed by atoms with Gasteiger partial charge in [0.2, 0.25) is 5.91 Å². The molecular formula is C11H14N2O3. The molecule has 0 fully saturated rings. The molecule has 0 spiro atoms. The van der Waals surface area contributed by atoms with Crippen molar-refractivity contribution in [3.63, 3.8) is 0 Å². The lowest BCUT2D eigenvalue weighted by Gasteiger charge is -2.05. The summed E-state index contributed by atoms with van der Waals surface area (Å²) in [5, 5.41) is 5.00. The molecule has 2 amide bonds. The van der Waals surface area contributed by atoms with Crippen molar-refractivity contribution < 1.29 is 14.3 Å². The van der Waals surface area contributed by atoms with Gasteiger partial charge in [0.25, 0.3) is 0 Å². The van der Waals surface area contributed by atoms with Gasteiger partial charge < -0.3 is 15.4 Å². The Bertz CT molecular complexity index is 373. The maximum atomic E-state index is 10.8. The maximum absolute atomic E-state index is 10.8. The third-order valence-corrected chi connectivity index (χ3v) is 1.85. The zero-order valence-corrected chi connectivity index (χ0v) is 9.24. The minimum atomic E-state index is -0.467. The molecule has 0 radical (unpaired) electrons. The summed E-state index contributed by atoms with van der Waals surface area (Å²) >= 11 is 0. The standard InChI is InChI=1S/C11H14N2O3/c1-8(14)13-10-5-3-9(4-6-10)7-16-11(15)12-2/h3-6H,7H2,1-2H3,(H,12,15)(H,13,14). The van der Waals surface area contributed by atoms with Crippen molar-refractivity contribution in [3.8, 4) is 0 Å². The molecule has 1 aromatic rings. The molecule has 0 heterocycles. The highest BCUT2D eigenvalue weighted by Gasteiger charge is 2.00. The lowest BCUT2D eigenvalue weighted by Crippen LogP contribution is -2.18. The third kappa shape index (κ3) is 4.00. The van der Waals surface area contributed by atoms with Gasteiger partial charge >= 0.3 is 6.09 Å². The summed E-state index contributed by atoms with van der Waals surface area (Å²) in [5.74, 6) is -0.116. The van der Waals surface area contributed by atoms with Crippen LogP contribution >= 0.6 is 0 Å². The Morgan fingerprint density at radius 3 is 2.38 bits per heavy atom. The van der Waals surface area contributed by atoms with E-state index in [4.69, 9.17) is 4.74 Å². The number of hydrogen-bond acceptors (Lipinski definition) is 3. The molecule has 0 unspecified atom stereocenters. The van der Waals surface area contributed by atoms with Gasteiger partial charge in [-0.25, -0.2) is 4.79 Å². The van der Waals surface area contributed by atoms with E-state index < -0.39 is 6.09 Å². The molecule has 16 heavy (non-hydrogen) atoms.